The molecule has 2 aromatic carbocycles. The molecule has 0 atom stereocenters. The number of aldehydes is 1. The van der Waals surface area contributed by atoms with E-state index in [1.807, 2.05) is 12.1 Å². The first-order valence-corrected chi connectivity index (χ1v) is 7.60. The van der Waals surface area contributed by atoms with Crippen LogP contribution in [0, 0.1) is 11.3 Å². The fourth-order valence-electron chi connectivity index (χ4n) is 2.15. The number of ether oxygens (including phenoxy) is 1. The number of carbonyl (C=O) groups excluding carboxylic acids is 3. The molecular formula is C19H16N2O4. The van der Waals surface area contributed by atoms with Gasteiger partial charge in [-0.15, -0.1) is 0 Å². The highest BCUT2D eigenvalue weighted by Gasteiger charge is 2.18. The topological polar surface area (TPSA) is 87.5 Å². The minimum Gasteiger partial charge on any atom is -0.452 e. The van der Waals surface area contributed by atoms with Gasteiger partial charge < -0.3 is 9.64 Å². The van der Waals surface area contributed by atoms with Crippen LogP contribution in [0.1, 0.15) is 27.1 Å². The number of nitrogens with zero attached hydrogens (tertiary/aromatic N) is 2. The predicted molar refractivity (Wildman–Crippen MR) is 91.1 cm³/mol. The Morgan fingerprint density at radius 1 is 1.08 bits per heavy atom. The maximum absolute atomic E-state index is 12.4. The second-order valence-corrected chi connectivity index (χ2v) is 5.11. The molecule has 0 bridgehead atoms. The Hall–Kier alpha value is -3.46. The number of benzene rings is 2. The zero-order valence-electron chi connectivity index (χ0n) is 13.4. The van der Waals surface area contributed by atoms with E-state index in [0.717, 1.165) is 0 Å². The largest absolute Gasteiger partial charge is 0.452 e. The molecule has 6 nitrogen and oxygen atoms in total. The number of hydrogen-bond donors (Lipinski definition) is 0. The van der Waals surface area contributed by atoms with Crippen molar-refractivity contribution in [2.24, 2.45) is 0 Å². The van der Waals surface area contributed by atoms with Gasteiger partial charge in [-0.2, -0.15) is 5.26 Å². The SMILES string of the molecule is N#CCCN(C(=O)COC(=O)c1ccc(C=O)cc1)c1ccccc1. The molecule has 126 valence electrons. The summed E-state index contributed by atoms with van der Waals surface area (Å²) in [5, 5.41) is 8.76. The van der Waals surface area contributed by atoms with Crippen LogP contribution in [0.4, 0.5) is 5.69 Å². The van der Waals surface area contributed by atoms with Gasteiger partial charge >= 0.3 is 5.97 Å². The average Bonchev–Trinajstić information content (AvgIpc) is 2.67. The lowest BCUT2D eigenvalue weighted by Gasteiger charge is -2.21. The third-order valence-electron chi connectivity index (χ3n) is 3.43. The predicted octanol–water partition coefficient (Wildman–Crippen LogP) is 2.60. The van der Waals surface area contributed by atoms with Crippen LogP contribution in [0.3, 0.4) is 0 Å². The number of rotatable bonds is 7. The van der Waals surface area contributed by atoms with Crippen molar-refractivity contribution in [3.05, 3.63) is 65.7 Å². The zero-order valence-corrected chi connectivity index (χ0v) is 13.4. The number of hydrogen-bond acceptors (Lipinski definition) is 5. The minimum atomic E-state index is -0.654. The highest BCUT2D eigenvalue weighted by atomic mass is 16.5. The van der Waals surface area contributed by atoms with E-state index in [0.29, 0.717) is 17.5 Å². The number of nitriles is 1. The Bertz CT molecular complexity index is 779. The molecule has 0 saturated carbocycles. The van der Waals surface area contributed by atoms with Crippen molar-refractivity contribution in [1.82, 2.24) is 0 Å². The molecule has 0 saturated heterocycles. The molecular weight excluding hydrogens is 320 g/mol. The lowest BCUT2D eigenvalue weighted by atomic mass is 10.1. The summed E-state index contributed by atoms with van der Waals surface area (Å²) in [6, 6.07) is 16.8. The highest BCUT2D eigenvalue weighted by molar-refractivity contribution is 5.97. The highest BCUT2D eigenvalue weighted by Crippen LogP contribution is 2.14. The molecule has 0 heterocycles. The van der Waals surface area contributed by atoms with E-state index < -0.39 is 18.5 Å². The molecule has 6 heteroatoms. The second kappa shape index (κ2) is 8.99. The Morgan fingerprint density at radius 2 is 1.76 bits per heavy atom. The zero-order chi connectivity index (χ0) is 18.1. The van der Waals surface area contributed by atoms with Crippen molar-refractivity contribution in [3.63, 3.8) is 0 Å². The Kier molecular flexibility index (Phi) is 6.43. The van der Waals surface area contributed by atoms with Gasteiger partial charge in [0.2, 0.25) is 0 Å². The maximum atomic E-state index is 12.4. The van der Waals surface area contributed by atoms with Crippen LogP contribution >= 0.6 is 0 Å². The van der Waals surface area contributed by atoms with E-state index in [9.17, 15) is 14.4 Å². The smallest absolute Gasteiger partial charge is 0.338 e. The molecule has 0 radical (unpaired) electrons. The first-order chi connectivity index (χ1) is 12.2. The standard InChI is InChI=1S/C19H16N2O4/c20-11-4-12-21(17-5-2-1-3-6-17)18(23)14-25-19(24)16-9-7-15(13-22)8-10-16/h1-3,5-10,13H,4,12,14H2. The Labute approximate surface area is 145 Å². The first-order valence-electron chi connectivity index (χ1n) is 7.60. The normalized spacial score (nSPS) is 9.72. The number of amides is 1. The molecule has 0 spiro atoms. The fraction of sp³-hybridized carbons (Fsp3) is 0.158. The van der Waals surface area contributed by atoms with Crippen LogP contribution < -0.4 is 4.90 Å². The molecule has 25 heavy (non-hydrogen) atoms. The van der Waals surface area contributed by atoms with Crippen LogP contribution in [-0.4, -0.2) is 31.3 Å². The van der Waals surface area contributed by atoms with Crippen molar-refractivity contribution in [3.8, 4) is 6.07 Å². The summed E-state index contributed by atoms with van der Waals surface area (Å²) in [6.07, 6.45) is 0.841. The van der Waals surface area contributed by atoms with Gasteiger partial charge in [0, 0.05) is 17.8 Å². The van der Waals surface area contributed by atoms with E-state index in [2.05, 4.69) is 0 Å². The van der Waals surface area contributed by atoms with E-state index in [1.54, 1.807) is 24.3 Å². The van der Waals surface area contributed by atoms with Crippen LogP contribution in [0.15, 0.2) is 54.6 Å². The molecule has 0 fully saturated rings. The number of esters is 1. The summed E-state index contributed by atoms with van der Waals surface area (Å²) in [6.45, 7) is -0.223. The maximum Gasteiger partial charge on any atom is 0.338 e. The molecule has 0 unspecified atom stereocenters. The summed E-state index contributed by atoms with van der Waals surface area (Å²) in [5.74, 6) is -1.07. The van der Waals surface area contributed by atoms with Gasteiger partial charge in [-0.1, -0.05) is 30.3 Å². The molecule has 0 N–H and O–H groups in total. The van der Waals surface area contributed by atoms with Crippen molar-refractivity contribution >= 4 is 23.9 Å². The molecule has 1 amide bonds. The van der Waals surface area contributed by atoms with Gasteiger partial charge in [0.15, 0.2) is 6.61 Å². The molecule has 0 aromatic heterocycles. The van der Waals surface area contributed by atoms with Crippen molar-refractivity contribution in [2.45, 2.75) is 6.42 Å². The Morgan fingerprint density at radius 3 is 2.36 bits per heavy atom. The van der Waals surface area contributed by atoms with Gasteiger partial charge in [0.25, 0.3) is 5.91 Å². The van der Waals surface area contributed by atoms with Gasteiger partial charge in [-0.3, -0.25) is 9.59 Å². The third-order valence-corrected chi connectivity index (χ3v) is 3.43. The van der Waals surface area contributed by atoms with Crippen LogP contribution in [-0.2, 0) is 9.53 Å². The van der Waals surface area contributed by atoms with Gasteiger partial charge in [-0.25, -0.2) is 4.79 Å². The van der Waals surface area contributed by atoms with Crippen LogP contribution in [0.25, 0.3) is 0 Å². The number of carbonyl (C=O) groups is 3. The van der Waals surface area contributed by atoms with E-state index in [1.165, 1.54) is 29.2 Å². The monoisotopic (exact) mass is 336 g/mol. The molecule has 2 rings (SSSR count). The second-order valence-electron chi connectivity index (χ2n) is 5.11. The summed E-state index contributed by atoms with van der Waals surface area (Å²) in [7, 11) is 0. The van der Waals surface area contributed by atoms with E-state index in [4.69, 9.17) is 10.00 Å². The van der Waals surface area contributed by atoms with Crippen molar-refractivity contribution in [2.75, 3.05) is 18.1 Å². The van der Waals surface area contributed by atoms with E-state index >= 15 is 0 Å². The number of para-hydroxylation sites is 1. The van der Waals surface area contributed by atoms with Crippen molar-refractivity contribution < 1.29 is 19.1 Å². The van der Waals surface area contributed by atoms with E-state index in [-0.39, 0.29) is 18.5 Å². The van der Waals surface area contributed by atoms with Gasteiger partial charge in [-0.05, 0) is 24.3 Å². The summed E-state index contributed by atoms with van der Waals surface area (Å²) >= 11 is 0. The average molecular weight is 336 g/mol. The molecule has 2 aromatic rings. The van der Waals surface area contributed by atoms with Crippen LogP contribution in [0.2, 0.25) is 0 Å². The van der Waals surface area contributed by atoms with Gasteiger partial charge in [0.05, 0.1) is 18.1 Å². The quantitative estimate of drug-likeness (QED) is 0.573. The van der Waals surface area contributed by atoms with Gasteiger partial charge in [0.1, 0.15) is 6.29 Å². The summed E-state index contributed by atoms with van der Waals surface area (Å²) in [5.41, 5.74) is 1.33. The molecule has 0 aliphatic rings. The number of anilines is 1. The lowest BCUT2D eigenvalue weighted by Crippen LogP contribution is -2.35. The first kappa shape index (κ1) is 17.9. The lowest BCUT2D eigenvalue weighted by molar-refractivity contribution is -0.121. The molecule has 0 aliphatic heterocycles. The summed E-state index contributed by atoms with van der Waals surface area (Å²) < 4.78 is 5.04. The Balaban J connectivity index is 2.01. The van der Waals surface area contributed by atoms with Crippen LogP contribution in [0.5, 0.6) is 0 Å². The summed E-state index contributed by atoms with van der Waals surface area (Å²) in [4.78, 5) is 36.4. The third kappa shape index (κ3) is 5.01. The molecule has 0 aliphatic carbocycles. The fourth-order valence-corrected chi connectivity index (χ4v) is 2.15. The minimum absolute atomic E-state index is 0.168. The van der Waals surface area contributed by atoms with Crippen molar-refractivity contribution in [1.29, 1.82) is 5.26 Å².